The van der Waals surface area contributed by atoms with E-state index in [1.165, 1.54) is 12.1 Å². The number of nitrogens with one attached hydrogen (secondary N) is 3. The van der Waals surface area contributed by atoms with Crippen molar-refractivity contribution in [3.05, 3.63) is 79.1 Å². The summed E-state index contributed by atoms with van der Waals surface area (Å²) in [4.78, 5) is 28.5. The Morgan fingerprint density at radius 1 is 0.944 bits per heavy atom. The van der Waals surface area contributed by atoms with Gasteiger partial charge in [-0.3, -0.25) is 19.9 Å². The fourth-order valence-electron chi connectivity index (χ4n) is 4.23. The second-order valence-electron chi connectivity index (χ2n) is 8.37. The van der Waals surface area contributed by atoms with Crippen LogP contribution in [-0.2, 0) is 4.79 Å². The number of amides is 1. The Morgan fingerprint density at radius 2 is 1.83 bits per heavy atom. The lowest BCUT2D eigenvalue weighted by molar-refractivity contribution is -0.115. The molecule has 176 valence electrons. The van der Waals surface area contributed by atoms with Gasteiger partial charge in [-0.25, -0.2) is 9.37 Å². The minimum absolute atomic E-state index is 0.0782. The molecule has 6 rings (SSSR count). The van der Waals surface area contributed by atoms with Crippen LogP contribution < -0.4 is 5.32 Å². The minimum atomic E-state index is -0.313. The van der Waals surface area contributed by atoms with Gasteiger partial charge < -0.3 is 10.3 Å². The largest absolute Gasteiger partial charge is 0.353 e. The molecule has 9 heteroatoms. The molecule has 0 saturated heterocycles. The SMILES string of the molecule is CCC(=O)Nc1cncc(-c2cnc3[nH]nc(-c4cc5c(-c6cccc(F)c6)nccc5[nH]4)c3c2)c1. The van der Waals surface area contributed by atoms with Crippen LogP contribution in [0.4, 0.5) is 10.1 Å². The van der Waals surface area contributed by atoms with Gasteiger partial charge in [0.1, 0.15) is 11.5 Å². The second-order valence-corrected chi connectivity index (χ2v) is 8.37. The van der Waals surface area contributed by atoms with Crippen LogP contribution in [0.25, 0.3) is 55.7 Å². The third-order valence-corrected chi connectivity index (χ3v) is 5.99. The standard InChI is InChI=1S/C27H20FN7O/c1-2-24(36)32-19-9-16(12-29-14-19)17-10-21-26(34-35-27(21)31-13-17)23-11-20-22(33-23)6-7-30-25(20)15-4-3-5-18(28)8-15/h3-14,33H,2H2,1H3,(H,32,36)(H,31,34,35). The van der Waals surface area contributed by atoms with Gasteiger partial charge in [-0.1, -0.05) is 19.1 Å². The van der Waals surface area contributed by atoms with Gasteiger partial charge in [0.2, 0.25) is 5.91 Å². The zero-order valence-corrected chi connectivity index (χ0v) is 19.2. The number of benzene rings is 1. The summed E-state index contributed by atoms with van der Waals surface area (Å²) in [5.41, 5.74) is 6.65. The van der Waals surface area contributed by atoms with Crippen molar-refractivity contribution in [3.63, 3.8) is 0 Å². The number of aromatic amines is 2. The van der Waals surface area contributed by atoms with Crippen LogP contribution in [0.2, 0.25) is 0 Å². The van der Waals surface area contributed by atoms with Crippen LogP contribution in [0.3, 0.4) is 0 Å². The van der Waals surface area contributed by atoms with Gasteiger partial charge in [0.05, 0.1) is 23.3 Å². The first-order valence-corrected chi connectivity index (χ1v) is 11.4. The number of rotatable bonds is 5. The molecule has 0 aliphatic carbocycles. The van der Waals surface area contributed by atoms with Gasteiger partial charge in [0, 0.05) is 58.0 Å². The lowest BCUT2D eigenvalue weighted by atomic mass is 10.1. The van der Waals surface area contributed by atoms with E-state index in [1.54, 1.807) is 37.8 Å². The van der Waals surface area contributed by atoms with E-state index in [-0.39, 0.29) is 11.7 Å². The molecule has 3 N–H and O–H groups in total. The average molecular weight is 478 g/mol. The summed E-state index contributed by atoms with van der Waals surface area (Å²) in [6.07, 6.45) is 7.16. The molecule has 1 amide bonds. The Bertz CT molecular complexity index is 1750. The molecule has 0 aliphatic rings. The van der Waals surface area contributed by atoms with Crippen molar-refractivity contribution in [3.8, 4) is 33.8 Å². The predicted octanol–water partition coefficient (Wildman–Crippen LogP) is 5.72. The fraction of sp³-hybridized carbons (Fsp3) is 0.0741. The topological polar surface area (TPSA) is 112 Å². The molecule has 0 unspecified atom stereocenters. The number of nitrogens with zero attached hydrogens (tertiary/aromatic N) is 4. The summed E-state index contributed by atoms with van der Waals surface area (Å²) in [5, 5.41) is 12.0. The van der Waals surface area contributed by atoms with E-state index < -0.39 is 0 Å². The molecule has 0 fully saturated rings. The molecule has 1 aromatic carbocycles. The predicted molar refractivity (Wildman–Crippen MR) is 137 cm³/mol. The third-order valence-electron chi connectivity index (χ3n) is 5.99. The third kappa shape index (κ3) is 3.86. The van der Waals surface area contributed by atoms with Crippen molar-refractivity contribution >= 4 is 33.5 Å². The number of halogens is 1. The number of fused-ring (bicyclic) bond motifs is 2. The lowest BCUT2D eigenvalue weighted by Crippen LogP contribution is -2.09. The molecule has 0 saturated carbocycles. The number of hydrogen-bond donors (Lipinski definition) is 3. The zero-order chi connectivity index (χ0) is 24.6. The van der Waals surface area contributed by atoms with E-state index in [4.69, 9.17) is 0 Å². The monoisotopic (exact) mass is 477 g/mol. The van der Waals surface area contributed by atoms with Gasteiger partial charge in [-0.2, -0.15) is 5.10 Å². The van der Waals surface area contributed by atoms with Crippen LogP contribution in [-0.4, -0.2) is 36.0 Å². The molecule has 6 aromatic rings. The van der Waals surface area contributed by atoms with Crippen molar-refractivity contribution in [2.45, 2.75) is 13.3 Å². The molecule has 0 atom stereocenters. The highest BCUT2D eigenvalue weighted by atomic mass is 19.1. The first-order chi connectivity index (χ1) is 17.6. The van der Waals surface area contributed by atoms with E-state index in [1.807, 2.05) is 30.3 Å². The molecule has 0 radical (unpaired) electrons. The first kappa shape index (κ1) is 21.6. The van der Waals surface area contributed by atoms with E-state index in [0.29, 0.717) is 34.7 Å². The number of aromatic nitrogens is 6. The second kappa shape index (κ2) is 8.70. The van der Waals surface area contributed by atoms with E-state index >= 15 is 0 Å². The maximum atomic E-state index is 13.9. The number of anilines is 1. The average Bonchev–Trinajstić information content (AvgIpc) is 3.52. The molecule has 36 heavy (non-hydrogen) atoms. The highest BCUT2D eigenvalue weighted by Gasteiger charge is 2.16. The summed E-state index contributed by atoms with van der Waals surface area (Å²) in [5.74, 6) is -0.391. The number of H-pyrrole nitrogens is 2. The van der Waals surface area contributed by atoms with Gasteiger partial charge in [-0.05, 0) is 36.4 Å². The molecular formula is C27H20FN7O. The first-order valence-electron chi connectivity index (χ1n) is 11.4. The molecule has 0 bridgehead atoms. The van der Waals surface area contributed by atoms with E-state index in [9.17, 15) is 9.18 Å². The molecule has 5 aromatic heterocycles. The molecule has 0 spiro atoms. The van der Waals surface area contributed by atoms with Crippen LogP contribution >= 0.6 is 0 Å². The summed E-state index contributed by atoms with van der Waals surface area (Å²) in [7, 11) is 0. The van der Waals surface area contributed by atoms with Crippen LogP contribution in [0.5, 0.6) is 0 Å². The maximum absolute atomic E-state index is 13.9. The summed E-state index contributed by atoms with van der Waals surface area (Å²) < 4.78 is 13.9. The number of hydrogen-bond acceptors (Lipinski definition) is 5. The van der Waals surface area contributed by atoms with Crippen molar-refractivity contribution < 1.29 is 9.18 Å². The Labute approximate surface area is 204 Å². The number of carbonyl (C=O) groups is 1. The van der Waals surface area contributed by atoms with Crippen LogP contribution in [0.1, 0.15) is 13.3 Å². The maximum Gasteiger partial charge on any atom is 0.224 e. The molecule has 8 nitrogen and oxygen atoms in total. The molecule has 0 aliphatic heterocycles. The Hall–Kier alpha value is -4.92. The van der Waals surface area contributed by atoms with E-state index in [2.05, 4.69) is 35.5 Å². The van der Waals surface area contributed by atoms with Crippen molar-refractivity contribution in [1.82, 2.24) is 30.1 Å². The quantitative estimate of drug-likeness (QED) is 0.294. The smallest absolute Gasteiger partial charge is 0.224 e. The summed E-state index contributed by atoms with van der Waals surface area (Å²) >= 11 is 0. The van der Waals surface area contributed by atoms with Crippen LogP contribution in [0, 0.1) is 5.82 Å². The Morgan fingerprint density at radius 3 is 2.69 bits per heavy atom. The molecular weight excluding hydrogens is 457 g/mol. The van der Waals surface area contributed by atoms with Crippen molar-refractivity contribution in [1.29, 1.82) is 0 Å². The minimum Gasteiger partial charge on any atom is -0.353 e. The summed E-state index contributed by atoms with van der Waals surface area (Å²) in [6.45, 7) is 1.80. The highest BCUT2D eigenvalue weighted by molar-refractivity contribution is 6.00. The van der Waals surface area contributed by atoms with Gasteiger partial charge >= 0.3 is 0 Å². The summed E-state index contributed by atoms with van der Waals surface area (Å²) in [6, 6.07) is 14.1. The van der Waals surface area contributed by atoms with Gasteiger partial charge in [0.15, 0.2) is 5.65 Å². The van der Waals surface area contributed by atoms with Gasteiger partial charge in [0.25, 0.3) is 0 Å². The lowest BCUT2D eigenvalue weighted by Gasteiger charge is -2.06. The normalized spacial score (nSPS) is 11.3. The van der Waals surface area contributed by atoms with Crippen molar-refractivity contribution in [2.24, 2.45) is 0 Å². The van der Waals surface area contributed by atoms with Crippen LogP contribution in [0.15, 0.2) is 73.3 Å². The Kier molecular flexibility index (Phi) is 5.22. The van der Waals surface area contributed by atoms with E-state index in [0.717, 1.165) is 33.1 Å². The number of carbonyl (C=O) groups excluding carboxylic acids is 1. The van der Waals surface area contributed by atoms with Crippen molar-refractivity contribution in [2.75, 3.05) is 5.32 Å². The Balaban J connectivity index is 1.43. The molecule has 5 heterocycles. The fourth-order valence-corrected chi connectivity index (χ4v) is 4.23. The highest BCUT2D eigenvalue weighted by Crippen LogP contribution is 2.34. The number of pyridine rings is 3. The van der Waals surface area contributed by atoms with Gasteiger partial charge in [-0.15, -0.1) is 0 Å². The zero-order valence-electron chi connectivity index (χ0n) is 19.2.